The molecule has 20 heavy (non-hydrogen) atoms. The summed E-state index contributed by atoms with van der Waals surface area (Å²) in [7, 11) is 1.53. The summed E-state index contributed by atoms with van der Waals surface area (Å²) in [5, 5.41) is 0. The first-order valence-electron chi connectivity index (χ1n) is 6.39. The fourth-order valence-electron chi connectivity index (χ4n) is 1.80. The second-order valence-electron chi connectivity index (χ2n) is 4.36. The predicted octanol–water partition coefficient (Wildman–Crippen LogP) is 2.53. The maximum absolute atomic E-state index is 13.4. The van der Waals surface area contributed by atoms with E-state index in [0.29, 0.717) is 17.6 Å². The van der Waals surface area contributed by atoms with E-state index in [9.17, 15) is 14.0 Å². The highest BCUT2D eigenvalue weighted by molar-refractivity contribution is 9.10. The Labute approximate surface area is 126 Å². The molecule has 0 aliphatic carbocycles. The van der Waals surface area contributed by atoms with Gasteiger partial charge in [0.2, 0.25) is 5.91 Å². The zero-order valence-electron chi connectivity index (χ0n) is 11.8. The van der Waals surface area contributed by atoms with Crippen molar-refractivity contribution in [2.45, 2.75) is 13.8 Å². The Balaban J connectivity index is 2.76. The average Bonchev–Trinajstić information content (AvgIpc) is 2.42. The number of carbonyl (C=O) groups is 2. The minimum Gasteiger partial charge on any atom is -0.342 e. The molecule has 2 amide bonds. The van der Waals surface area contributed by atoms with Gasteiger partial charge in [0.25, 0.3) is 5.91 Å². The van der Waals surface area contributed by atoms with Crippen LogP contribution in [0.1, 0.15) is 24.2 Å². The molecule has 0 radical (unpaired) electrons. The summed E-state index contributed by atoms with van der Waals surface area (Å²) in [6.07, 6.45) is 0. The van der Waals surface area contributed by atoms with Crippen LogP contribution < -0.4 is 0 Å². The first-order valence-corrected chi connectivity index (χ1v) is 7.18. The monoisotopic (exact) mass is 344 g/mol. The minimum absolute atomic E-state index is 0.0157. The van der Waals surface area contributed by atoms with E-state index in [2.05, 4.69) is 15.9 Å². The van der Waals surface area contributed by atoms with Crippen molar-refractivity contribution < 1.29 is 14.0 Å². The van der Waals surface area contributed by atoms with E-state index in [-0.39, 0.29) is 23.9 Å². The second-order valence-corrected chi connectivity index (χ2v) is 5.21. The summed E-state index contributed by atoms with van der Waals surface area (Å²) in [6, 6.07) is 4.15. The van der Waals surface area contributed by atoms with Gasteiger partial charge in [-0.2, -0.15) is 0 Å². The summed E-state index contributed by atoms with van der Waals surface area (Å²) < 4.78 is 13.7. The standard InChI is InChI=1S/C14H18BrFN2O2/c1-4-18(5-2)13(19)9-17(3)14(20)10-6-7-11(15)12(16)8-10/h6-8H,4-5,9H2,1-3H3. The van der Waals surface area contributed by atoms with Crippen LogP contribution in [-0.4, -0.2) is 48.3 Å². The fourth-order valence-corrected chi connectivity index (χ4v) is 2.05. The van der Waals surface area contributed by atoms with E-state index in [1.807, 2.05) is 13.8 Å². The second kappa shape index (κ2) is 7.38. The molecule has 0 saturated heterocycles. The van der Waals surface area contributed by atoms with Crippen molar-refractivity contribution in [1.29, 1.82) is 0 Å². The summed E-state index contributed by atoms with van der Waals surface area (Å²) in [6.45, 7) is 4.95. The molecule has 0 saturated carbocycles. The molecule has 4 nitrogen and oxygen atoms in total. The molecule has 0 spiro atoms. The van der Waals surface area contributed by atoms with Crippen LogP contribution in [-0.2, 0) is 4.79 Å². The summed E-state index contributed by atoms with van der Waals surface area (Å²) in [5.41, 5.74) is 0.223. The van der Waals surface area contributed by atoms with Gasteiger partial charge in [-0.3, -0.25) is 9.59 Å². The maximum Gasteiger partial charge on any atom is 0.254 e. The Morgan fingerprint density at radius 2 is 1.85 bits per heavy atom. The number of halogens is 2. The first-order chi connectivity index (χ1) is 9.40. The van der Waals surface area contributed by atoms with Crippen LogP contribution in [0.2, 0.25) is 0 Å². The number of rotatable bonds is 5. The minimum atomic E-state index is -0.501. The van der Waals surface area contributed by atoms with Gasteiger partial charge in [-0.1, -0.05) is 0 Å². The maximum atomic E-state index is 13.4. The van der Waals surface area contributed by atoms with Gasteiger partial charge in [-0.25, -0.2) is 4.39 Å². The number of nitrogens with zero attached hydrogens (tertiary/aromatic N) is 2. The van der Waals surface area contributed by atoms with Crippen molar-refractivity contribution in [2.75, 3.05) is 26.7 Å². The van der Waals surface area contributed by atoms with Crippen molar-refractivity contribution in [3.63, 3.8) is 0 Å². The third-order valence-corrected chi connectivity index (χ3v) is 3.64. The third kappa shape index (κ3) is 4.03. The highest BCUT2D eigenvalue weighted by Gasteiger charge is 2.18. The lowest BCUT2D eigenvalue weighted by atomic mass is 10.2. The van der Waals surface area contributed by atoms with E-state index in [0.717, 1.165) is 6.07 Å². The number of amides is 2. The van der Waals surface area contributed by atoms with Gasteiger partial charge >= 0.3 is 0 Å². The van der Waals surface area contributed by atoms with Gasteiger partial charge in [0, 0.05) is 25.7 Å². The number of likely N-dealkylation sites (N-methyl/N-ethyl adjacent to an activating group) is 2. The zero-order valence-corrected chi connectivity index (χ0v) is 13.4. The summed E-state index contributed by atoms with van der Waals surface area (Å²) in [5.74, 6) is -1.00. The van der Waals surface area contributed by atoms with Crippen LogP contribution in [0.5, 0.6) is 0 Å². The molecule has 1 aromatic rings. The highest BCUT2D eigenvalue weighted by atomic mass is 79.9. The quantitative estimate of drug-likeness (QED) is 0.823. The number of hydrogen-bond acceptors (Lipinski definition) is 2. The molecule has 6 heteroatoms. The van der Waals surface area contributed by atoms with Crippen LogP contribution in [0.4, 0.5) is 4.39 Å². The van der Waals surface area contributed by atoms with Crippen LogP contribution in [0.3, 0.4) is 0 Å². The Bertz CT molecular complexity index is 504. The van der Waals surface area contributed by atoms with Crippen molar-refractivity contribution in [1.82, 2.24) is 9.80 Å². The van der Waals surface area contributed by atoms with E-state index < -0.39 is 5.82 Å². The number of benzene rings is 1. The number of carbonyl (C=O) groups excluding carboxylic acids is 2. The van der Waals surface area contributed by atoms with Gasteiger partial charge in [0.1, 0.15) is 5.82 Å². The Hall–Kier alpha value is -1.43. The lowest BCUT2D eigenvalue weighted by molar-refractivity contribution is -0.131. The van der Waals surface area contributed by atoms with Gasteiger partial charge in [-0.05, 0) is 48.0 Å². The summed E-state index contributed by atoms with van der Waals surface area (Å²) in [4.78, 5) is 27.0. The van der Waals surface area contributed by atoms with Crippen molar-refractivity contribution in [2.24, 2.45) is 0 Å². The van der Waals surface area contributed by atoms with Crippen LogP contribution in [0, 0.1) is 5.82 Å². The van der Waals surface area contributed by atoms with Crippen LogP contribution in [0.15, 0.2) is 22.7 Å². The molecule has 110 valence electrons. The first kappa shape index (κ1) is 16.6. The lowest BCUT2D eigenvalue weighted by Crippen LogP contribution is -2.41. The summed E-state index contributed by atoms with van der Waals surface area (Å²) >= 11 is 3.03. The topological polar surface area (TPSA) is 40.6 Å². The van der Waals surface area contributed by atoms with E-state index in [1.54, 1.807) is 4.90 Å². The molecule has 1 aromatic carbocycles. The average molecular weight is 345 g/mol. The largest absolute Gasteiger partial charge is 0.342 e. The van der Waals surface area contributed by atoms with Crippen LogP contribution >= 0.6 is 15.9 Å². The van der Waals surface area contributed by atoms with E-state index in [1.165, 1.54) is 24.1 Å². The normalized spacial score (nSPS) is 10.2. The van der Waals surface area contributed by atoms with Crippen molar-refractivity contribution >= 4 is 27.7 Å². The molecule has 0 fully saturated rings. The van der Waals surface area contributed by atoms with Gasteiger partial charge in [-0.15, -0.1) is 0 Å². The highest BCUT2D eigenvalue weighted by Crippen LogP contribution is 2.17. The molecule has 1 rings (SSSR count). The molecule has 0 aromatic heterocycles. The van der Waals surface area contributed by atoms with Gasteiger partial charge in [0.15, 0.2) is 0 Å². The molecular weight excluding hydrogens is 327 g/mol. The third-order valence-electron chi connectivity index (χ3n) is 3.00. The molecule has 0 aliphatic heterocycles. The molecular formula is C14H18BrFN2O2. The SMILES string of the molecule is CCN(CC)C(=O)CN(C)C(=O)c1ccc(Br)c(F)c1. The smallest absolute Gasteiger partial charge is 0.254 e. The lowest BCUT2D eigenvalue weighted by Gasteiger charge is -2.23. The zero-order chi connectivity index (χ0) is 15.3. The van der Waals surface area contributed by atoms with Crippen molar-refractivity contribution in [3.8, 4) is 0 Å². The Morgan fingerprint density at radius 3 is 2.35 bits per heavy atom. The predicted molar refractivity (Wildman–Crippen MR) is 79.0 cm³/mol. The fraction of sp³-hybridized carbons (Fsp3) is 0.429. The molecule has 0 unspecified atom stereocenters. The number of hydrogen-bond donors (Lipinski definition) is 0. The Kier molecular flexibility index (Phi) is 6.13. The van der Waals surface area contributed by atoms with Gasteiger partial charge in [0.05, 0.1) is 11.0 Å². The molecule has 0 bridgehead atoms. The van der Waals surface area contributed by atoms with Gasteiger partial charge < -0.3 is 9.80 Å². The Morgan fingerprint density at radius 1 is 1.25 bits per heavy atom. The molecule has 0 heterocycles. The van der Waals surface area contributed by atoms with E-state index >= 15 is 0 Å². The molecule has 0 N–H and O–H groups in total. The van der Waals surface area contributed by atoms with Crippen LogP contribution in [0.25, 0.3) is 0 Å². The van der Waals surface area contributed by atoms with Crippen molar-refractivity contribution in [3.05, 3.63) is 34.1 Å². The molecule has 0 atom stereocenters. The molecule has 0 aliphatic rings. The van der Waals surface area contributed by atoms with E-state index in [4.69, 9.17) is 0 Å².